The van der Waals surface area contributed by atoms with Gasteiger partial charge in [-0.15, -0.1) is 0 Å². The van der Waals surface area contributed by atoms with E-state index in [0.717, 1.165) is 19.3 Å². The number of Topliss-reactive ketones (excluding diaryl/α,β-unsaturated/α-hetero) is 2. The summed E-state index contributed by atoms with van der Waals surface area (Å²) < 4.78 is 6.04. The Kier molecular flexibility index (Phi) is 2.58. The van der Waals surface area contributed by atoms with Crippen LogP contribution < -0.4 is 0 Å². The van der Waals surface area contributed by atoms with Gasteiger partial charge in [-0.25, -0.2) is 0 Å². The van der Waals surface area contributed by atoms with Gasteiger partial charge in [-0.1, -0.05) is 12.8 Å². The molecule has 88 valence electrons. The molecule has 3 nitrogen and oxygen atoms in total. The molecule has 4 atom stereocenters. The van der Waals surface area contributed by atoms with Gasteiger partial charge < -0.3 is 4.74 Å². The molecule has 2 saturated carbocycles. The molecule has 3 heteroatoms. The molecule has 3 rings (SSSR count). The number of carbonyl (C=O) groups is 2. The van der Waals surface area contributed by atoms with Crippen LogP contribution in [0.25, 0.3) is 0 Å². The number of hydrogen-bond donors (Lipinski definition) is 0. The molecule has 1 heterocycles. The van der Waals surface area contributed by atoms with Gasteiger partial charge in [0.05, 0.1) is 18.1 Å². The standard InChI is InChI=1S/C13H18O3/c14-10-5-6-12-9(13(10)15)7-8-3-1-2-4-11(8)16-12/h8-9,11-12H,1-7H2. The van der Waals surface area contributed by atoms with E-state index in [4.69, 9.17) is 4.74 Å². The first-order chi connectivity index (χ1) is 7.75. The van der Waals surface area contributed by atoms with Gasteiger partial charge in [0.2, 0.25) is 5.78 Å². The zero-order chi connectivity index (χ0) is 11.1. The molecule has 16 heavy (non-hydrogen) atoms. The summed E-state index contributed by atoms with van der Waals surface area (Å²) in [5.41, 5.74) is 0. The van der Waals surface area contributed by atoms with Crippen molar-refractivity contribution in [2.24, 2.45) is 11.8 Å². The van der Waals surface area contributed by atoms with E-state index < -0.39 is 0 Å². The number of hydrogen-bond acceptors (Lipinski definition) is 3. The average Bonchev–Trinajstić information content (AvgIpc) is 2.32. The minimum Gasteiger partial charge on any atom is -0.374 e. The number of fused-ring (bicyclic) bond motifs is 2. The fourth-order valence-electron chi connectivity index (χ4n) is 3.57. The van der Waals surface area contributed by atoms with Crippen LogP contribution in [0.4, 0.5) is 0 Å². The fourth-order valence-corrected chi connectivity index (χ4v) is 3.57. The Balaban J connectivity index is 1.77. The molecule has 4 unspecified atom stereocenters. The highest BCUT2D eigenvalue weighted by molar-refractivity contribution is 6.38. The predicted molar refractivity (Wildman–Crippen MR) is 58.0 cm³/mol. The summed E-state index contributed by atoms with van der Waals surface area (Å²) in [7, 11) is 0. The second kappa shape index (κ2) is 3.95. The Morgan fingerprint density at radius 2 is 1.81 bits per heavy atom. The molecule has 0 aromatic rings. The third-order valence-corrected chi connectivity index (χ3v) is 4.46. The maximum atomic E-state index is 11.8. The smallest absolute Gasteiger partial charge is 0.204 e. The first-order valence-corrected chi connectivity index (χ1v) is 6.48. The summed E-state index contributed by atoms with van der Waals surface area (Å²) in [6.07, 6.45) is 7.32. The van der Waals surface area contributed by atoms with Gasteiger partial charge in [0, 0.05) is 6.42 Å². The molecule has 0 bridgehead atoms. The van der Waals surface area contributed by atoms with E-state index in [9.17, 15) is 9.59 Å². The first-order valence-electron chi connectivity index (χ1n) is 6.48. The van der Waals surface area contributed by atoms with Crippen LogP contribution in [0.1, 0.15) is 44.9 Å². The Hall–Kier alpha value is -0.700. The topological polar surface area (TPSA) is 43.4 Å². The normalized spacial score (nSPS) is 43.8. The lowest BCUT2D eigenvalue weighted by Gasteiger charge is -2.44. The molecule has 0 radical (unpaired) electrons. The molecule has 0 spiro atoms. The van der Waals surface area contributed by atoms with Crippen LogP contribution in [0.5, 0.6) is 0 Å². The molecular formula is C13H18O3. The van der Waals surface area contributed by atoms with Crippen LogP contribution >= 0.6 is 0 Å². The Morgan fingerprint density at radius 3 is 2.69 bits per heavy atom. The number of ether oxygens (including phenoxy) is 1. The highest BCUT2D eigenvalue weighted by atomic mass is 16.5. The molecule has 0 aromatic heterocycles. The Labute approximate surface area is 95.5 Å². The van der Waals surface area contributed by atoms with Crippen molar-refractivity contribution in [1.82, 2.24) is 0 Å². The molecule has 3 fully saturated rings. The second-order valence-corrected chi connectivity index (χ2v) is 5.43. The zero-order valence-corrected chi connectivity index (χ0v) is 9.48. The van der Waals surface area contributed by atoms with Gasteiger partial charge in [0.1, 0.15) is 0 Å². The molecule has 3 aliphatic rings. The minimum absolute atomic E-state index is 0.0459. The van der Waals surface area contributed by atoms with Crippen molar-refractivity contribution in [2.75, 3.05) is 0 Å². The summed E-state index contributed by atoms with van der Waals surface area (Å²) in [5, 5.41) is 0. The highest BCUT2D eigenvalue weighted by Crippen LogP contribution is 2.41. The average molecular weight is 222 g/mol. The predicted octanol–water partition coefficient (Wildman–Crippen LogP) is 1.88. The highest BCUT2D eigenvalue weighted by Gasteiger charge is 2.45. The number of ketones is 2. The van der Waals surface area contributed by atoms with E-state index in [-0.39, 0.29) is 23.6 Å². The fraction of sp³-hybridized carbons (Fsp3) is 0.846. The van der Waals surface area contributed by atoms with Crippen LogP contribution in [-0.2, 0) is 14.3 Å². The quantitative estimate of drug-likeness (QED) is 0.588. The summed E-state index contributed by atoms with van der Waals surface area (Å²) in [6, 6.07) is 0. The number of rotatable bonds is 0. The van der Waals surface area contributed by atoms with Gasteiger partial charge in [-0.3, -0.25) is 9.59 Å². The molecule has 0 N–H and O–H groups in total. The lowest BCUT2D eigenvalue weighted by Crippen LogP contribution is -2.49. The Morgan fingerprint density at radius 1 is 1.00 bits per heavy atom. The van der Waals surface area contributed by atoms with Crippen molar-refractivity contribution in [2.45, 2.75) is 57.2 Å². The first kappa shape index (κ1) is 10.5. The van der Waals surface area contributed by atoms with Crippen LogP contribution in [0.3, 0.4) is 0 Å². The van der Waals surface area contributed by atoms with Gasteiger partial charge in [0.15, 0.2) is 5.78 Å². The van der Waals surface area contributed by atoms with Gasteiger partial charge in [-0.05, 0) is 31.6 Å². The van der Waals surface area contributed by atoms with E-state index in [1.807, 2.05) is 0 Å². The van der Waals surface area contributed by atoms with Crippen molar-refractivity contribution < 1.29 is 14.3 Å². The van der Waals surface area contributed by atoms with E-state index in [2.05, 4.69) is 0 Å². The SMILES string of the molecule is O=C1CCC2OC3CCCCC3CC2C1=O. The summed E-state index contributed by atoms with van der Waals surface area (Å²) in [4.78, 5) is 23.2. The lowest BCUT2D eigenvalue weighted by molar-refractivity contribution is -0.165. The van der Waals surface area contributed by atoms with Crippen molar-refractivity contribution in [3.8, 4) is 0 Å². The monoisotopic (exact) mass is 222 g/mol. The molecule has 0 aromatic carbocycles. The Bertz CT molecular complexity index is 323. The maximum Gasteiger partial charge on any atom is 0.204 e. The van der Waals surface area contributed by atoms with Crippen molar-refractivity contribution >= 4 is 11.6 Å². The van der Waals surface area contributed by atoms with Crippen LogP contribution in [0, 0.1) is 11.8 Å². The van der Waals surface area contributed by atoms with E-state index in [1.54, 1.807) is 0 Å². The van der Waals surface area contributed by atoms with E-state index in [1.165, 1.54) is 19.3 Å². The summed E-state index contributed by atoms with van der Waals surface area (Å²) in [6.45, 7) is 0. The number of carbonyl (C=O) groups excluding carboxylic acids is 2. The zero-order valence-electron chi connectivity index (χ0n) is 9.48. The molecular weight excluding hydrogens is 204 g/mol. The van der Waals surface area contributed by atoms with Crippen LogP contribution in [-0.4, -0.2) is 23.8 Å². The van der Waals surface area contributed by atoms with E-state index in [0.29, 0.717) is 18.4 Å². The second-order valence-electron chi connectivity index (χ2n) is 5.43. The van der Waals surface area contributed by atoms with Crippen LogP contribution in [0.2, 0.25) is 0 Å². The van der Waals surface area contributed by atoms with Gasteiger partial charge in [-0.2, -0.15) is 0 Å². The van der Waals surface area contributed by atoms with E-state index >= 15 is 0 Å². The van der Waals surface area contributed by atoms with Crippen molar-refractivity contribution in [3.63, 3.8) is 0 Å². The molecule has 0 amide bonds. The van der Waals surface area contributed by atoms with Crippen molar-refractivity contribution in [3.05, 3.63) is 0 Å². The minimum atomic E-state index is -0.167. The molecule has 1 aliphatic heterocycles. The van der Waals surface area contributed by atoms with Crippen molar-refractivity contribution in [1.29, 1.82) is 0 Å². The van der Waals surface area contributed by atoms with Gasteiger partial charge in [0.25, 0.3) is 0 Å². The third-order valence-electron chi connectivity index (χ3n) is 4.46. The van der Waals surface area contributed by atoms with Crippen LogP contribution in [0.15, 0.2) is 0 Å². The molecule has 1 saturated heterocycles. The summed E-state index contributed by atoms with van der Waals surface area (Å²) >= 11 is 0. The largest absolute Gasteiger partial charge is 0.374 e. The maximum absolute atomic E-state index is 11.8. The summed E-state index contributed by atoms with van der Waals surface area (Å²) in [5.74, 6) is 0.102. The molecule has 2 aliphatic carbocycles. The lowest BCUT2D eigenvalue weighted by atomic mass is 9.71. The third kappa shape index (κ3) is 1.61. The van der Waals surface area contributed by atoms with Gasteiger partial charge >= 0.3 is 0 Å².